The number of hydrogen-bond donors (Lipinski definition) is 2. The van der Waals surface area contributed by atoms with E-state index in [4.69, 9.17) is 18.9 Å². The molecule has 2 aliphatic carbocycles. The van der Waals surface area contributed by atoms with Gasteiger partial charge in [0.2, 0.25) is 6.10 Å². The number of hydrogen-bond acceptors (Lipinski definition) is 12. The van der Waals surface area contributed by atoms with Gasteiger partial charge in [0, 0.05) is 36.9 Å². The highest BCUT2D eigenvalue weighted by Crippen LogP contribution is 2.64. The number of carbonyl (C=O) groups excluding carboxylic acids is 5. The summed E-state index contributed by atoms with van der Waals surface area (Å²) < 4.78 is 23.1. The molecule has 2 bridgehead atoms. The normalized spacial score (nSPS) is 27.3. The molecular weight excluding hydrogens is 610 g/mol. The number of Topliss-reactive ketones (excluding diaryl/α,β-unsaturated/α-hetero) is 2. The highest BCUT2D eigenvalue weighted by molar-refractivity contribution is 5.92. The van der Waals surface area contributed by atoms with Gasteiger partial charge in [-0.15, -0.1) is 0 Å². The van der Waals surface area contributed by atoms with Gasteiger partial charge in [0.15, 0.2) is 18.0 Å². The second kappa shape index (κ2) is 13.5. The molecule has 47 heavy (non-hydrogen) atoms. The van der Waals surface area contributed by atoms with Crippen LogP contribution in [0.15, 0.2) is 24.0 Å². The third-order valence-corrected chi connectivity index (χ3v) is 10.3. The van der Waals surface area contributed by atoms with Gasteiger partial charge in [-0.25, -0.2) is 4.79 Å². The molecule has 5 rings (SSSR count). The Morgan fingerprint density at radius 1 is 1.11 bits per heavy atom. The minimum absolute atomic E-state index is 0.108. The molecule has 2 aliphatic heterocycles. The van der Waals surface area contributed by atoms with Crippen LogP contribution in [0.5, 0.6) is 5.75 Å². The molecule has 0 radical (unpaired) electrons. The Bertz CT molecular complexity index is 1490. The number of ether oxygens (including phenoxy) is 4. The SMILES string of the molecule is CCCCCC(=O)[C@@H](CC(C)=O)OC(=O)[C@H](OC(C)=O)[C@@H](C)C(=O)OC1=CC[C@@]2(O)[C@H]3Cc4ccc(CO)c5c4[C@@]2(CCN3C)[C@H]1O5. The van der Waals surface area contributed by atoms with Crippen molar-refractivity contribution in [1.29, 1.82) is 0 Å². The zero-order chi connectivity index (χ0) is 34.3. The van der Waals surface area contributed by atoms with E-state index in [-0.39, 0.29) is 43.5 Å². The molecule has 0 aromatic heterocycles. The van der Waals surface area contributed by atoms with Gasteiger partial charge in [0.1, 0.15) is 23.2 Å². The summed E-state index contributed by atoms with van der Waals surface area (Å²) in [5.41, 5.74) is 0.213. The van der Waals surface area contributed by atoms with Crippen molar-refractivity contribution in [1.82, 2.24) is 4.90 Å². The van der Waals surface area contributed by atoms with Crippen molar-refractivity contribution in [2.24, 2.45) is 5.92 Å². The van der Waals surface area contributed by atoms with Crippen LogP contribution in [-0.4, -0.2) is 88.1 Å². The van der Waals surface area contributed by atoms with E-state index in [1.807, 2.05) is 26.1 Å². The first-order valence-corrected chi connectivity index (χ1v) is 16.5. The van der Waals surface area contributed by atoms with Crippen molar-refractivity contribution >= 4 is 29.5 Å². The monoisotopic (exact) mass is 655 g/mol. The maximum Gasteiger partial charge on any atom is 0.349 e. The van der Waals surface area contributed by atoms with E-state index in [1.54, 1.807) is 6.08 Å². The molecule has 256 valence electrons. The maximum absolute atomic E-state index is 13.7. The van der Waals surface area contributed by atoms with Crippen LogP contribution in [0.2, 0.25) is 0 Å². The Kier molecular flexibility index (Phi) is 9.96. The number of likely N-dealkylation sites (N-methyl/N-ethyl adjacent to an activating group) is 1. The van der Waals surface area contributed by atoms with Crippen LogP contribution in [0.25, 0.3) is 0 Å². The number of aliphatic hydroxyl groups excluding tert-OH is 1. The van der Waals surface area contributed by atoms with E-state index in [2.05, 4.69) is 4.90 Å². The van der Waals surface area contributed by atoms with Crippen LogP contribution in [0.1, 0.15) is 89.3 Å². The summed E-state index contributed by atoms with van der Waals surface area (Å²) >= 11 is 0. The Labute approximate surface area is 274 Å². The summed E-state index contributed by atoms with van der Waals surface area (Å²) in [5, 5.41) is 22.5. The van der Waals surface area contributed by atoms with Crippen molar-refractivity contribution in [3.63, 3.8) is 0 Å². The summed E-state index contributed by atoms with van der Waals surface area (Å²) in [7, 11) is 1.98. The third kappa shape index (κ3) is 6.00. The number of nitrogens with zero attached hydrogens (tertiary/aromatic N) is 1. The number of carbonyl (C=O) groups is 5. The second-order valence-corrected chi connectivity index (χ2v) is 13.4. The number of likely N-dealkylation sites (tertiary alicyclic amines) is 1. The van der Waals surface area contributed by atoms with Crippen molar-refractivity contribution in [2.75, 3.05) is 13.6 Å². The van der Waals surface area contributed by atoms with E-state index in [9.17, 15) is 34.2 Å². The lowest BCUT2D eigenvalue weighted by Crippen LogP contribution is -2.74. The first-order chi connectivity index (χ1) is 22.3. The molecule has 0 amide bonds. The Morgan fingerprint density at radius 3 is 2.51 bits per heavy atom. The van der Waals surface area contributed by atoms with Crippen molar-refractivity contribution in [3.05, 3.63) is 40.7 Å². The van der Waals surface area contributed by atoms with Gasteiger partial charge < -0.3 is 34.1 Å². The van der Waals surface area contributed by atoms with Crippen LogP contribution < -0.4 is 4.74 Å². The Morgan fingerprint density at radius 2 is 1.85 bits per heavy atom. The lowest BCUT2D eigenvalue weighted by Gasteiger charge is -2.61. The molecule has 1 saturated heterocycles. The zero-order valence-corrected chi connectivity index (χ0v) is 27.7. The van der Waals surface area contributed by atoms with Crippen molar-refractivity contribution in [2.45, 2.75) is 121 Å². The van der Waals surface area contributed by atoms with E-state index in [1.165, 1.54) is 13.8 Å². The molecule has 2 N–H and O–H groups in total. The van der Waals surface area contributed by atoms with Crippen LogP contribution in [0.4, 0.5) is 0 Å². The number of benzene rings is 1. The van der Waals surface area contributed by atoms with Crippen LogP contribution >= 0.6 is 0 Å². The van der Waals surface area contributed by atoms with Crippen LogP contribution in [0, 0.1) is 5.92 Å². The summed E-state index contributed by atoms with van der Waals surface area (Å²) in [5.74, 6) is -4.45. The second-order valence-electron chi connectivity index (χ2n) is 13.4. The molecule has 1 fully saturated rings. The van der Waals surface area contributed by atoms with Crippen LogP contribution in [0.3, 0.4) is 0 Å². The number of unbranched alkanes of at least 4 members (excludes halogenated alkanes) is 2. The lowest BCUT2D eigenvalue weighted by molar-refractivity contribution is -0.182. The van der Waals surface area contributed by atoms with E-state index in [0.29, 0.717) is 37.1 Å². The van der Waals surface area contributed by atoms with Gasteiger partial charge in [-0.05, 0) is 58.3 Å². The summed E-state index contributed by atoms with van der Waals surface area (Å²) in [6, 6.07) is 3.55. The predicted octanol–water partition coefficient (Wildman–Crippen LogP) is 2.61. The third-order valence-electron chi connectivity index (χ3n) is 10.3. The van der Waals surface area contributed by atoms with Gasteiger partial charge in [0.25, 0.3) is 0 Å². The first-order valence-electron chi connectivity index (χ1n) is 16.5. The first kappa shape index (κ1) is 34.7. The molecule has 12 heteroatoms. The standard InChI is InChI=1S/C35H45NO11/c1-6-7-8-9-24(40)26(16-19(2)38)46-33(42)29(44-21(4)39)20(3)32(41)45-25-12-13-35(43)27-17-22-10-11-23(18-37)30-28(22)34(35,31(25)47-30)14-15-36(27)5/h10-12,20,26-27,29,31,37,43H,6-9,13-18H2,1-5H3/t20-,26-,27-,29-,31+,34+,35-/m1/s1. The van der Waals surface area contributed by atoms with Gasteiger partial charge >= 0.3 is 17.9 Å². The lowest BCUT2D eigenvalue weighted by atomic mass is 9.50. The van der Waals surface area contributed by atoms with E-state index >= 15 is 0 Å². The number of piperidine rings is 1. The highest BCUT2D eigenvalue weighted by atomic mass is 16.6. The number of esters is 3. The molecular formula is C35H45NO11. The van der Waals surface area contributed by atoms with Gasteiger partial charge in [0.05, 0.1) is 24.0 Å². The fourth-order valence-corrected chi connectivity index (χ4v) is 7.90. The topological polar surface area (TPSA) is 166 Å². The Hall–Kier alpha value is -3.61. The van der Waals surface area contributed by atoms with Gasteiger partial charge in [-0.3, -0.25) is 19.2 Å². The minimum Gasteiger partial charge on any atom is -0.481 e. The van der Waals surface area contributed by atoms with Crippen molar-refractivity contribution in [3.8, 4) is 5.75 Å². The van der Waals surface area contributed by atoms with Crippen molar-refractivity contribution < 1.29 is 53.1 Å². The minimum atomic E-state index is -1.76. The molecule has 1 spiro atoms. The number of ketones is 2. The molecule has 0 saturated carbocycles. The zero-order valence-electron chi connectivity index (χ0n) is 27.7. The largest absolute Gasteiger partial charge is 0.481 e. The summed E-state index contributed by atoms with van der Waals surface area (Å²) in [6.45, 7) is 6.05. The maximum atomic E-state index is 13.7. The summed E-state index contributed by atoms with van der Waals surface area (Å²) in [6.07, 6.45) is 0.868. The molecule has 7 atom stereocenters. The Balaban J connectivity index is 1.40. The quantitative estimate of drug-likeness (QED) is 0.171. The molecule has 1 aromatic carbocycles. The molecule has 0 unspecified atom stereocenters. The number of aliphatic hydroxyl groups is 2. The number of rotatable bonds is 14. The van der Waals surface area contributed by atoms with E-state index in [0.717, 1.165) is 30.9 Å². The summed E-state index contributed by atoms with van der Waals surface area (Å²) in [4.78, 5) is 66.0. The fourth-order valence-electron chi connectivity index (χ4n) is 7.90. The van der Waals surface area contributed by atoms with Crippen LogP contribution in [-0.2, 0) is 56.6 Å². The van der Waals surface area contributed by atoms with Gasteiger partial charge in [-0.1, -0.05) is 31.9 Å². The molecule has 1 aromatic rings. The van der Waals surface area contributed by atoms with Gasteiger partial charge in [-0.2, -0.15) is 0 Å². The highest BCUT2D eigenvalue weighted by Gasteiger charge is 2.72. The molecule has 4 aliphatic rings. The average molecular weight is 656 g/mol. The fraction of sp³-hybridized carbons (Fsp3) is 0.629. The smallest absolute Gasteiger partial charge is 0.349 e. The molecule has 12 nitrogen and oxygen atoms in total. The molecule has 2 heterocycles. The average Bonchev–Trinajstić information content (AvgIpc) is 3.38. The predicted molar refractivity (Wildman–Crippen MR) is 166 cm³/mol. The van der Waals surface area contributed by atoms with E-state index < -0.39 is 58.9 Å².